The molecule has 32 heavy (non-hydrogen) atoms. The fraction of sp³-hybridized carbons (Fsp3) is 0.250. The molecule has 3 aliphatic rings. The summed E-state index contributed by atoms with van der Waals surface area (Å²) in [4.78, 5) is 23.7. The summed E-state index contributed by atoms with van der Waals surface area (Å²) in [7, 11) is 0. The molecule has 1 spiro atoms. The molecule has 1 saturated heterocycles. The van der Waals surface area contributed by atoms with Gasteiger partial charge in [0.1, 0.15) is 17.6 Å². The normalized spacial score (nSPS) is 23.4. The van der Waals surface area contributed by atoms with E-state index in [-0.39, 0.29) is 10.8 Å². The summed E-state index contributed by atoms with van der Waals surface area (Å²) in [6, 6.07) is 14.8. The third-order valence-corrected chi connectivity index (χ3v) is 6.19. The first kappa shape index (κ1) is 19.4. The average molecular weight is 453 g/mol. The molecule has 162 valence electrons. The first-order chi connectivity index (χ1) is 15.4. The van der Waals surface area contributed by atoms with Crippen LogP contribution in [0.5, 0.6) is 17.2 Å². The maximum absolute atomic E-state index is 11.9. The predicted octanol–water partition coefficient (Wildman–Crippen LogP) is 4.43. The van der Waals surface area contributed by atoms with Crippen molar-refractivity contribution in [1.29, 1.82) is 0 Å². The van der Waals surface area contributed by atoms with Crippen molar-refractivity contribution in [2.75, 3.05) is 0 Å². The van der Waals surface area contributed by atoms with Crippen LogP contribution in [0, 0.1) is 0 Å². The molecule has 1 aliphatic carbocycles. The average Bonchev–Trinajstić information content (AvgIpc) is 3.55. The van der Waals surface area contributed by atoms with Gasteiger partial charge in [-0.15, -0.1) is 0 Å². The largest absolute Gasteiger partial charge is 0.455 e. The van der Waals surface area contributed by atoms with Crippen molar-refractivity contribution in [3.8, 4) is 17.2 Å². The topological polar surface area (TPSA) is 83.6 Å². The van der Waals surface area contributed by atoms with Crippen molar-refractivity contribution in [1.82, 2.24) is 0 Å². The Bertz CT molecular complexity index is 1280. The summed E-state index contributed by atoms with van der Waals surface area (Å²) in [6.45, 7) is 2.58. The first-order valence-electron chi connectivity index (χ1n) is 10.1. The number of carbonyl (C=O) groups excluding carboxylic acids is 2. The van der Waals surface area contributed by atoms with Crippen LogP contribution in [0.25, 0.3) is 10.8 Å². The number of halogens is 1. The lowest BCUT2D eigenvalue weighted by Gasteiger charge is -2.42. The molecule has 0 N–H and O–H groups in total. The van der Waals surface area contributed by atoms with Crippen molar-refractivity contribution in [3.05, 3.63) is 64.7 Å². The summed E-state index contributed by atoms with van der Waals surface area (Å²) >= 11 is 6.40. The van der Waals surface area contributed by atoms with Crippen LogP contribution in [0.15, 0.2) is 48.5 Å². The summed E-state index contributed by atoms with van der Waals surface area (Å²) in [6.07, 6.45) is -1.93. The molecule has 8 heteroatoms. The zero-order chi connectivity index (χ0) is 22.2. The van der Waals surface area contributed by atoms with Gasteiger partial charge in [-0.3, -0.25) is 9.59 Å². The van der Waals surface area contributed by atoms with Gasteiger partial charge < -0.3 is 23.7 Å². The second-order valence-corrected chi connectivity index (χ2v) is 8.37. The van der Waals surface area contributed by atoms with E-state index in [1.54, 1.807) is 12.1 Å². The maximum atomic E-state index is 11.9. The lowest BCUT2D eigenvalue weighted by molar-refractivity contribution is -0.156. The smallest absolute Gasteiger partial charge is 0.308 e. The number of epoxide rings is 1. The Hall–Kier alpha value is -3.29. The van der Waals surface area contributed by atoms with Crippen LogP contribution in [-0.4, -0.2) is 24.1 Å². The van der Waals surface area contributed by atoms with Crippen LogP contribution in [-0.2, 0) is 24.8 Å². The van der Waals surface area contributed by atoms with Crippen LogP contribution in [0.1, 0.15) is 31.1 Å². The number of benzene rings is 3. The SMILES string of the molecule is CC(=O)Oc1c(Cl)ccc2c1[C@@H](OC(C)=O)[C@H]1O[C@H]1C21Oc2cccc3cccc(c23)O1. The van der Waals surface area contributed by atoms with Gasteiger partial charge in [-0.1, -0.05) is 35.9 Å². The predicted molar refractivity (Wildman–Crippen MR) is 113 cm³/mol. The fourth-order valence-electron chi connectivity index (χ4n) is 4.71. The molecular weight excluding hydrogens is 436 g/mol. The lowest BCUT2D eigenvalue weighted by atomic mass is 9.83. The van der Waals surface area contributed by atoms with Gasteiger partial charge in [0.2, 0.25) is 0 Å². The van der Waals surface area contributed by atoms with E-state index in [2.05, 4.69) is 0 Å². The molecule has 2 aliphatic heterocycles. The molecule has 0 radical (unpaired) electrons. The summed E-state index contributed by atoms with van der Waals surface area (Å²) < 4.78 is 30.0. The van der Waals surface area contributed by atoms with Gasteiger partial charge in [-0.25, -0.2) is 0 Å². The van der Waals surface area contributed by atoms with Crippen molar-refractivity contribution in [3.63, 3.8) is 0 Å². The second-order valence-electron chi connectivity index (χ2n) is 7.96. The molecular formula is C24H17ClO7. The summed E-state index contributed by atoms with van der Waals surface area (Å²) in [5.41, 5.74) is 0.919. The van der Waals surface area contributed by atoms with E-state index in [0.717, 1.165) is 10.8 Å². The van der Waals surface area contributed by atoms with E-state index in [0.29, 0.717) is 22.6 Å². The monoisotopic (exact) mass is 452 g/mol. The van der Waals surface area contributed by atoms with E-state index in [1.807, 2.05) is 36.4 Å². The van der Waals surface area contributed by atoms with Gasteiger partial charge in [0, 0.05) is 19.4 Å². The van der Waals surface area contributed by atoms with Gasteiger partial charge in [0.15, 0.2) is 18.0 Å². The van der Waals surface area contributed by atoms with Crippen molar-refractivity contribution >= 4 is 34.3 Å². The van der Waals surface area contributed by atoms with Gasteiger partial charge in [-0.05, 0) is 29.7 Å². The molecule has 3 aromatic carbocycles. The van der Waals surface area contributed by atoms with E-state index in [1.165, 1.54) is 13.8 Å². The lowest BCUT2D eigenvalue weighted by Crippen LogP contribution is -2.51. The van der Waals surface area contributed by atoms with E-state index < -0.39 is 36.0 Å². The fourth-order valence-corrected chi connectivity index (χ4v) is 4.91. The molecule has 0 unspecified atom stereocenters. The molecule has 7 nitrogen and oxygen atoms in total. The van der Waals surface area contributed by atoms with Gasteiger partial charge >= 0.3 is 17.7 Å². The standard InChI is InChI=1S/C24H17ClO7/c1-11(26)28-20-15(25)10-9-14-19(20)21(29-12(2)27)22-23(30-22)24(14)31-16-7-3-5-13-6-4-8-17(32-24)18(13)16/h3-10,21-23H,1-2H3/t21-,22-,23-/m1/s1. The van der Waals surface area contributed by atoms with Gasteiger partial charge in [-0.2, -0.15) is 0 Å². The minimum absolute atomic E-state index is 0.0977. The van der Waals surface area contributed by atoms with Gasteiger partial charge in [0.05, 0.1) is 16.0 Å². The molecule has 0 bridgehead atoms. The maximum Gasteiger partial charge on any atom is 0.308 e. The van der Waals surface area contributed by atoms with Crippen molar-refractivity contribution < 1.29 is 33.3 Å². The second kappa shape index (κ2) is 6.60. The molecule has 0 amide bonds. The Kier molecular flexibility index (Phi) is 4.00. The Morgan fingerprint density at radius 3 is 2.28 bits per heavy atom. The minimum atomic E-state index is -1.36. The molecule has 2 heterocycles. The molecule has 3 aromatic rings. The molecule has 0 aromatic heterocycles. The number of hydrogen-bond acceptors (Lipinski definition) is 7. The Labute approximate surface area is 187 Å². The van der Waals surface area contributed by atoms with Crippen LogP contribution in [0.4, 0.5) is 0 Å². The number of fused-ring (bicyclic) bond motifs is 4. The Morgan fingerprint density at radius 2 is 1.66 bits per heavy atom. The summed E-state index contributed by atoms with van der Waals surface area (Å²) in [5.74, 6) is -1.05. The third kappa shape index (κ3) is 2.64. The van der Waals surface area contributed by atoms with Crippen molar-refractivity contribution in [2.45, 2.75) is 37.9 Å². The number of hydrogen-bond donors (Lipinski definition) is 0. The molecule has 6 rings (SSSR count). The molecule has 1 fully saturated rings. The highest BCUT2D eigenvalue weighted by molar-refractivity contribution is 6.32. The van der Waals surface area contributed by atoms with E-state index >= 15 is 0 Å². The van der Waals surface area contributed by atoms with Crippen molar-refractivity contribution in [2.24, 2.45) is 0 Å². The van der Waals surface area contributed by atoms with E-state index in [4.69, 9.17) is 35.3 Å². The van der Waals surface area contributed by atoms with E-state index in [9.17, 15) is 9.59 Å². The molecule has 3 atom stereocenters. The highest BCUT2D eigenvalue weighted by Gasteiger charge is 2.70. The number of rotatable bonds is 2. The van der Waals surface area contributed by atoms with Crippen LogP contribution < -0.4 is 14.2 Å². The first-order valence-corrected chi connectivity index (χ1v) is 10.5. The Morgan fingerprint density at radius 1 is 0.969 bits per heavy atom. The zero-order valence-corrected chi connectivity index (χ0v) is 17.8. The number of ether oxygens (including phenoxy) is 5. The Balaban J connectivity index is 1.59. The van der Waals surface area contributed by atoms with Crippen LogP contribution in [0.2, 0.25) is 5.02 Å². The highest BCUT2D eigenvalue weighted by Crippen LogP contribution is 2.60. The highest BCUT2D eigenvalue weighted by atomic mass is 35.5. The van der Waals surface area contributed by atoms with Gasteiger partial charge in [0.25, 0.3) is 0 Å². The quantitative estimate of drug-likeness (QED) is 0.323. The zero-order valence-electron chi connectivity index (χ0n) is 17.1. The third-order valence-electron chi connectivity index (χ3n) is 5.90. The van der Waals surface area contributed by atoms with Crippen LogP contribution >= 0.6 is 11.6 Å². The van der Waals surface area contributed by atoms with Crippen LogP contribution in [0.3, 0.4) is 0 Å². The molecule has 0 saturated carbocycles. The number of carbonyl (C=O) groups is 2. The summed E-state index contributed by atoms with van der Waals surface area (Å²) in [5, 5.41) is 2.04. The number of esters is 2. The minimum Gasteiger partial charge on any atom is -0.455 e.